The van der Waals surface area contributed by atoms with Gasteiger partial charge in [0.1, 0.15) is 5.82 Å². The molecule has 0 unspecified atom stereocenters. The molecule has 1 saturated carbocycles. The normalized spacial score (nSPS) is 19.3. The van der Waals surface area contributed by atoms with E-state index in [9.17, 15) is 17.6 Å². The fraction of sp³-hybridized carbons (Fsp3) is 0.583. The fourth-order valence-corrected chi connectivity index (χ4v) is 6.29. The number of carbonyl (C=O) groups excluding carboxylic acids is 1. The van der Waals surface area contributed by atoms with Crippen LogP contribution in [0.4, 0.5) is 4.39 Å². The first-order valence-corrected chi connectivity index (χ1v) is 13.4. The first kappa shape index (κ1) is 23.9. The number of aromatic nitrogens is 2. The van der Waals surface area contributed by atoms with Gasteiger partial charge in [-0.15, -0.1) is 0 Å². The molecule has 0 spiro atoms. The second kappa shape index (κ2) is 10.3. The van der Waals surface area contributed by atoms with Crippen molar-refractivity contribution in [1.82, 2.24) is 14.5 Å². The Bertz CT molecular complexity index is 1060. The minimum atomic E-state index is -3.79. The van der Waals surface area contributed by atoms with Crippen molar-refractivity contribution in [2.75, 3.05) is 13.2 Å². The quantitative estimate of drug-likeness (QED) is 0.550. The molecule has 2 fully saturated rings. The van der Waals surface area contributed by atoms with E-state index in [2.05, 4.69) is 4.98 Å². The van der Waals surface area contributed by atoms with E-state index in [1.807, 2.05) is 6.92 Å². The maximum Gasteiger partial charge on any atom is 0.228 e. The van der Waals surface area contributed by atoms with Gasteiger partial charge >= 0.3 is 0 Å². The molecule has 0 N–H and O–H groups in total. The number of halogens is 1. The maximum atomic E-state index is 13.3. The molecule has 1 atom stereocenters. The van der Waals surface area contributed by atoms with Gasteiger partial charge in [-0.2, -0.15) is 0 Å². The summed E-state index contributed by atoms with van der Waals surface area (Å²) in [5.74, 6) is -0.491. The summed E-state index contributed by atoms with van der Waals surface area (Å²) in [5.41, 5.74) is 1.19. The summed E-state index contributed by atoms with van der Waals surface area (Å²) in [6, 6.07) is 5.45. The number of sulfone groups is 1. The van der Waals surface area contributed by atoms with Crippen molar-refractivity contribution < 1.29 is 22.3 Å². The lowest BCUT2D eigenvalue weighted by atomic mass is 10.1. The lowest BCUT2D eigenvalue weighted by molar-refractivity contribution is -0.135. The predicted molar refractivity (Wildman–Crippen MR) is 122 cm³/mol. The van der Waals surface area contributed by atoms with Gasteiger partial charge in [-0.3, -0.25) is 4.79 Å². The van der Waals surface area contributed by atoms with Crippen LogP contribution in [0, 0.1) is 11.7 Å². The summed E-state index contributed by atoms with van der Waals surface area (Å²) >= 11 is 0. The summed E-state index contributed by atoms with van der Waals surface area (Å²) in [4.78, 5) is 19.1. The zero-order valence-electron chi connectivity index (χ0n) is 19.1. The Labute approximate surface area is 194 Å². The third-order valence-electron chi connectivity index (χ3n) is 6.61. The van der Waals surface area contributed by atoms with Crippen LogP contribution in [0.5, 0.6) is 0 Å². The first-order valence-electron chi connectivity index (χ1n) is 11.8. The van der Waals surface area contributed by atoms with Gasteiger partial charge in [0.05, 0.1) is 36.8 Å². The highest BCUT2D eigenvalue weighted by Gasteiger charge is 2.30. The number of nitrogens with zero attached hydrogens (tertiary/aromatic N) is 3. The van der Waals surface area contributed by atoms with Crippen molar-refractivity contribution in [3.8, 4) is 0 Å². The summed E-state index contributed by atoms with van der Waals surface area (Å²) in [6.07, 6.45) is 7.27. The smallest absolute Gasteiger partial charge is 0.228 e. The van der Waals surface area contributed by atoms with E-state index in [1.54, 1.807) is 15.7 Å². The van der Waals surface area contributed by atoms with Gasteiger partial charge in [-0.1, -0.05) is 25.0 Å². The van der Waals surface area contributed by atoms with Crippen molar-refractivity contribution in [3.05, 3.63) is 47.5 Å². The molecular formula is C24H32FN3O4S. The minimum Gasteiger partial charge on any atom is -0.376 e. The largest absolute Gasteiger partial charge is 0.376 e. The monoisotopic (exact) mass is 477 g/mol. The molecule has 2 aliphatic rings. The van der Waals surface area contributed by atoms with E-state index in [1.165, 1.54) is 24.3 Å². The number of imidazole rings is 1. The zero-order valence-corrected chi connectivity index (χ0v) is 19.9. The molecule has 1 aromatic carbocycles. The molecule has 0 bridgehead atoms. The molecule has 180 valence electrons. The molecule has 9 heteroatoms. The van der Waals surface area contributed by atoms with Gasteiger partial charge in [0, 0.05) is 19.1 Å². The average Bonchev–Trinajstić information content (AvgIpc) is 3.56. The SMILES string of the molecule is CCN(Cc1cnc(S(=O)(=O)Cc2ccc(F)cc2)n1C[C@H]1CCCO1)C(=O)C1CCCC1. The number of ether oxygens (including phenoxy) is 1. The summed E-state index contributed by atoms with van der Waals surface area (Å²) in [7, 11) is -3.79. The lowest BCUT2D eigenvalue weighted by Crippen LogP contribution is -2.35. The van der Waals surface area contributed by atoms with Gasteiger partial charge in [-0.05, 0) is 50.3 Å². The third kappa shape index (κ3) is 5.63. The highest BCUT2D eigenvalue weighted by Crippen LogP contribution is 2.28. The van der Waals surface area contributed by atoms with Crippen LogP contribution in [0.25, 0.3) is 0 Å². The molecule has 0 radical (unpaired) electrons. The van der Waals surface area contributed by atoms with E-state index >= 15 is 0 Å². The minimum absolute atomic E-state index is 0.0262. The Balaban J connectivity index is 1.61. The third-order valence-corrected chi connectivity index (χ3v) is 8.21. The zero-order chi connectivity index (χ0) is 23.4. The Hall–Kier alpha value is -2.26. The molecule has 4 rings (SSSR count). The molecule has 7 nitrogen and oxygen atoms in total. The number of carbonyl (C=O) groups is 1. The highest BCUT2D eigenvalue weighted by molar-refractivity contribution is 7.90. The van der Waals surface area contributed by atoms with Crippen LogP contribution in [-0.4, -0.2) is 48.0 Å². The standard InChI is InChI=1S/C24H32FN3O4S/c1-2-27(23(29)19-6-3-4-7-19)15-21-14-26-24(28(21)16-22-8-5-13-32-22)33(30,31)17-18-9-11-20(25)12-10-18/h9-12,14,19,22H,2-8,13,15-17H2,1H3/t22-/m1/s1. The van der Waals surface area contributed by atoms with Crippen molar-refractivity contribution in [2.45, 2.75) is 75.6 Å². The number of benzene rings is 1. The molecule has 33 heavy (non-hydrogen) atoms. The molecule has 2 aromatic rings. The molecule has 1 aliphatic heterocycles. The van der Waals surface area contributed by atoms with E-state index in [0.717, 1.165) is 38.5 Å². The number of amides is 1. The molecule has 1 aliphatic carbocycles. The van der Waals surface area contributed by atoms with E-state index in [4.69, 9.17) is 4.74 Å². The Morgan fingerprint density at radius 3 is 2.55 bits per heavy atom. The van der Waals surface area contributed by atoms with Gasteiger partial charge in [0.2, 0.25) is 20.9 Å². The number of rotatable bonds is 9. The van der Waals surface area contributed by atoms with Gasteiger partial charge in [0.25, 0.3) is 0 Å². The van der Waals surface area contributed by atoms with Crippen LogP contribution in [0.2, 0.25) is 0 Å². The van der Waals surface area contributed by atoms with Gasteiger partial charge in [0.15, 0.2) is 0 Å². The summed E-state index contributed by atoms with van der Waals surface area (Å²) in [6.45, 7) is 3.85. The van der Waals surface area contributed by atoms with Crippen LogP contribution in [-0.2, 0) is 38.2 Å². The molecule has 1 amide bonds. The second-order valence-electron chi connectivity index (χ2n) is 9.00. The Kier molecular flexibility index (Phi) is 7.48. The van der Waals surface area contributed by atoms with Crippen LogP contribution in [0.15, 0.2) is 35.6 Å². The van der Waals surface area contributed by atoms with E-state index < -0.39 is 15.7 Å². The first-order chi connectivity index (χ1) is 15.9. The van der Waals surface area contributed by atoms with Crippen molar-refractivity contribution in [2.24, 2.45) is 5.92 Å². The molecular weight excluding hydrogens is 445 g/mol. The lowest BCUT2D eigenvalue weighted by Gasteiger charge is -2.25. The predicted octanol–water partition coefficient (Wildman–Crippen LogP) is 3.71. The second-order valence-corrected chi connectivity index (χ2v) is 10.9. The van der Waals surface area contributed by atoms with Crippen molar-refractivity contribution >= 4 is 15.7 Å². The maximum absolute atomic E-state index is 13.3. The van der Waals surface area contributed by atoms with Crippen molar-refractivity contribution in [3.63, 3.8) is 0 Å². The average molecular weight is 478 g/mol. The van der Waals surface area contributed by atoms with Crippen LogP contribution in [0.1, 0.15) is 56.7 Å². The Morgan fingerprint density at radius 2 is 1.91 bits per heavy atom. The summed E-state index contributed by atoms with van der Waals surface area (Å²) in [5, 5.41) is -0.0262. The van der Waals surface area contributed by atoms with Crippen LogP contribution in [0.3, 0.4) is 0 Å². The number of hydrogen-bond donors (Lipinski definition) is 0. The van der Waals surface area contributed by atoms with Gasteiger partial charge in [-0.25, -0.2) is 17.8 Å². The van der Waals surface area contributed by atoms with Crippen LogP contribution >= 0.6 is 0 Å². The van der Waals surface area contributed by atoms with E-state index in [-0.39, 0.29) is 28.8 Å². The highest BCUT2D eigenvalue weighted by atomic mass is 32.2. The summed E-state index contributed by atoms with van der Waals surface area (Å²) < 4.78 is 47.3. The molecule has 1 saturated heterocycles. The number of hydrogen-bond acceptors (Lipinski definition) is 5. The topological polar surface area (TPSA) is 81.5 Å². The van der Waals surface area contributed by atoms with Crippen LogP contribution < -0.4 is 0 Å². The fourth-order valence-electron chi connectivity index (χ4n) is 4.79. The van der Waals surface area contributed by atoms with E-state index in [0.29, 0.717) is 37.5 Å². The van der Waals surface area contributed by atoms with Gasteiger partial charge < -0.3 is 14.2 Å². The molecule has 1 aromatic heterocycles. The van der Waals surface area contributed by atoms with Crippen molar-refractivity contribution in [1.29, 1.82) is 0 Å². The Morgan fingerprint density at radius 1 is 1.18 bits per heavy atom. The molecule has 2 heterocycles.